The van der Waals surface area contributed by atoms with Crippen LogP contribution in [0.4, 0.5) is 0 Å². The van der Waals surface area contributed by atoms with Crippen LogP contribution < -0.4 is 5.32 Å². The van der Waals surface area contributed by atoms with Gasteiger partial charge in [0.1, 0.15) is 0 Å². The third-order valence-electron chi connectivity index (χ3n) is 4.11. The highest BCUT2D eigenvalue weighted by Gasteiger charge is 2.32. The van der Waals surface area contributed by atoms with Crippen LogP contribution in [0, 0.1) is 0 Å². The molecule has 1 aromatic heterocycles. The fourth-order valence-electron chi connectivity index (χ4n) is 2.74. The van der Waals surface area contributed by atoms with E-state index in [0.29, 0.717) is 12.4 Å². The molecule has 20 heavy (non-hydrogen) atoms. The summed E-state index contributed by atoms with van der Waals surface area (Å²) in [6.07, 6.45) is 5.14. The lowest BCUT2D eigenvalue weighted by atomic mass is 9.91. The Kier molecular flexibility index (Phi) is 3.98. The molecule has 110 valence electrons. The highest BCUT2D eigenvalue weighted by Crippen LogP contribution is 2.26. The van der Waals surface area contributed by atoms with Gasteiger partial charge in [0.15, 0.2) is 0 Å². The van der Waals surface area contributed by atoms with Gasteiger partial charge in [-0.05, 0) is 38.6 Å². The van der Waals surface area contributed by atoms with Crippen molar-refractivity contribution < 1.29 is 14.4 Å². The lowest BCUT2D eigenvalue weighted by Gasteiger charge is -2.36. The van der Waals surface area contributed by atoms with Gasteiger partial charge >= 0.3 is 0 Å². The van der Waals surface area contributed by atoms with Gasteiger partial charge in [-0.1, -0.05) is 5.16 Å². The van der Waals surface area contributed by atoms with Crippen molar-refractivity contribution in [1.82, 2.24) is 20.4 Å². The number of rotatable bonds is 5. The second kappa shape index (κ2) is 5.88. The molecule has 2 heterocycles. The van der Waals surface area contributed by atoms with E-state index in [1.807, 2.05) is 0 Å². The zero-order chi connectivity index (χ0) is 13.9. The van der Waals surface area contributed by atoms with Crippen LogP contribution in [-0.4, -0.2) is 51.8 Å². The Labute approximate surface area is 117 Å². The zero-order valence-electron chi connectivity index (χ0n) is 11.4. The van der Waals surface area contributed by atoms with Gasteiger partial charge in [-0.25, -0.2) is 0 Å². The minimum Gasteiger partial charge on any atom is -0.395 e. The summed E-state index contributed by atoms with van der Waals surface area (Å²) in [5.41, 5.74) is 0. The monoisotopic (exact) mass is 280 g/mol. The highest BCUT2D eigenvalue weighted by atomic mass is 16.5. The number of hydrogen-bond acceptors (Lipinski definition) is 6. The zero-order valence-corrected chi connectivity index (χ0v) is 11.4. The molecule has 0 aromatic carbocycles. The van der Waals surface area contributed by atoms with Gasteiger partial charge in [-0.15, -0.1) is 0 Å². The summed E-state index contributed by atoms with van der Waals surface area (Å²) in [5, 5.41) is 16.2. The van der Waals surface area contributed by atoms with Crippen LogP contribution in [0.1, 0.15) is 54.7 Å². The molecular formula is C13H20N4O3. The molecule has 0 spiro atoms. The van der Waals surface area contributed by atoms with E-state index >= 15 is 0 Å². The summed E-state index contributed by atoms with van der Waals surface area (Å²) in [5.74, 6) is 0.356. The molecule has 0 bridgehead atoms. The molecule has 2 fully saturated rings. The van der Waals surface area contributed by atoms with Crippen LogP contribution in [-0.2, 0) is 0 Å². The number of aliphatic hydroxyl groups is 1. The van der Waals surface area contributed by atoms with Crippen molar-refractivity contribution in [3.05, 3.63) is 11.7 Å². The van der Waals surface area contributed by atoms with Gasteiger partial charge in [-0.3, -0.25) is 4.79 Å². The van der Waals surface area contributed by atoms with Crippen molar-refractivity contribution in [3.8, 4) is 0 Å². The Morgan fingerprint density at radius 1 is 1.40 bits per heavy atom. The Morgan fingerprint density at radius 3 is 2.85 bits per heavy atom. The normalized spacial score (nSPS) is 22.8. The second-order valence-corrected chi connectivity index (χ2v) is 5.41. The fraction of sp³-hybridized carbons (Fsp3) is 0.769. The Balaban J connectivity index is 1.71. The maximum absolute atomic E-state index is 12.4. The van der Waals surface area contributed by atoms with Crippen molar-refractivity contribution in [3.63, 3.8) is 0 Å². The van der Waals surface area contributed by atoms with Crippen molar-refractivity contribution in [1.29, 1.82) is 0 Å². The summed E-state index contributed by atoms with van der Waals surface area (Å²) in [6, 6.07) is 0.278. The van der Waals surface area contributed by atoms with Gasteiger partial charge in [0.05, 0.1) is 12.6 Å². The largest absolute Gasteiger partial charge is 0.395 e. The molecule has 7 heteroatoms. The number of carbonyl (C=O) groups is 1. The summed E-state index contributed by atoms with van der Waals surface area (Å²) in [4.78, 5) is 18.3. The van der Waals surface area contributed by atoms with Crippen LogP contribution in [0.3, 0.4) is 0 Å². The average molecular weight is 280 g/mol. The molecule has 2 aliphatic rings. The SMILES string of the molecule is O=C(c1noc(C2CCCN2)n1)N(CCO)C1CCC1. The van der Waals surface area contributed by atoms with E-state index < -0.39 is 0 Å². The molecule has 7 nitrogen and oxygen atoms in total. The predicted octanol–water partition coefficient (Wildman–Crippen LogP) is 0.481. The Hall–Kier alpha value is -1.47. The van der Waals surface area contributed by atoms with Crippen molar-refractivity contribution >= 4 is 5.91 Å². The first-order chi connectivity index (χ1) is 9.79. The summed E-state index contributed by atoms with van der Waals surface area (Å²) in [7, 11) is 0. The average Bonchev–Trinajstić information content (AvgIpc) is 3.05. The molecule has 3 rings (SSSR count). The van der Waals surface area contributed by atoms with Crippen LogP contribution in [0.5, 0.6) is 0 Å². The maximum Gasteiger partial charge on any atom is 0.295 e. The van der Waals surface area contributed by atoms with Crippen LogP contribution >= 0.6 is 0 Å². The maximum atomic E-state index is 12.4. The minimum atomic E-state index is -0.239. The number of aromatic nitrogens is 2. The smallest absolute Gasteiger partial charge is 0.295 e. The van der Waals surface area contributed by atoms with E-state index in [1.165, 1.54) is 0 Å². The van der Waals surface area contributed by atoms with Crippen LogP contribution in [0.25, 0.3) is 0 Å². The molecule has 1 saturated heterocycles. The lowest BCUT2D eigenvalue weighted by Crippen LogP contribution is -2.46. The third-order valence-corrected chi connectivity index (χ3v) is 4.11. The van der Waals surface area contributed by atoms with Gasteiger partial charge in [0.25, 0.3) is 11.7 Å². The fourth-order valence-corrected chi connectivity index (χ4v) is 2.74. The van der Waals surface area contributed by atoms with Crippen molar-refractivity contribution in [2.45, 2.75) is 44.2 Å². The molecular weight excluding hydrogens is 260 g/mol. The number of amides is 1. The number of carbonyl (C=O) groups excluding carboxylic acids is 1. The van der Waals surface area contributed by atoms with E-state index in [1.54, 1.807) is 4.90 Å². The minimum absolute atomic E-state index is 0.0445. The van der Waals surface area contributed by atoms with E-state index in [4.69, 9.17) is 9.63 Å². The Morgan fingerprint density at radius 2 is 2.25 bits per heavy atom. The van der Waals surface area contributed by atoms with Crippen molar-refractivity contribution in [2.24, 2.45) is 0 Å². The van der Waals surface area contributed by atoms with Gasteiger partial charge in [0.2, 0.25) is 5.89 Å². The summed E-state index contributed by atoms with van der Waals surface area (Å²) >= 11 is 0. The van der Waals surface area contributed by atoms with E-state index in [9.17, 15) is 4.79 Å². The van der Waals surface area contributed by atoms with Gasteiger partial charge < -0.3 is 19.8 Å². The lowest BCUT2D eigenvalue weighted by molar-refractivity contribution is 0.0510. The predicted molar refractivity (Wildman–Crippen MR) is 70.0 cm³/mol. The quantitative estimate of drug-likeness (QED) is 0.815. The van der Waals surface area contributed by atoms with E-state index in [0.717, 1.165) is 38.6 Å². The molecule has 0 radical (unpaired) electrons. The highest BCUT2D eigenvalue weighted by molar-refractivity contribution is 5.90. The molecule has 1 aromatic rings. The second-order valence-electron chi connectivity index (χ2n) is 5.41. The number of nitrogens with one attached hydrogen (secondary N) is 1. The summed E-state index contributed by atoms with van der Waals surface area (Å²) in [6.45, 7) is 1.22. The molecule has 1 atom stereocenters. The first kappa shape index (κ1) is 13.5. The van der Waals surface area contributed by atoms with Crippen molar-refractivity contribution in [2.75, 3.05) is 19.7 Å². The number of aliphatic hydroxyl groups excluding tert-OH is 1. The molecule has 1 aliphatic carbocycles. The Bertz CT molecular complexity index is 466. The number of nitrogens with zero attached hydrogens (tertiary/aromatic N) is 3. The van der Waals surface area contributed by atoms with Crippen LogP contribution in [0.15, 0.2) is 4.52 Å². The number of hydrogen-bond donors (Lipinski definition) is 2. The topological polar surface area (TPSA) is 91.5 Å². The standard InChI is InChI=1S/C13H20N4O3/c18-8-7-17(9-3-1-4-9)13(19)11-15-12(20-16-11)10-5-2-6-14-10/h9-10,14,18H,1-8H2. The van der Waals surface area contributed by atoms with E-state index in [-0.39, 0.29) is 30.4 Å². The first-order valence-electron chi connectivity index (χ1n) is 7.28. The van der Waals surface area contributed by atoms with Gasteiger partial charge in [-0.2, -0.15) is 4.98 Å². The molecule has 1 saturated carbocycles. The molecule has 1 amide bonds. The first-order valence-corrected chi connectivity index (χ1v) is 7.28. The molecule has 2 N–H and O–H groups in total. The van der Waals surface area contributed by atoms with Gasteiger partial charge in [0, 0.05) is 12.6 Å². The third kappa shape index (κ3) is 2.55. The molecule has 1 unspecified atom stereocenters. The van der Waals surface area contributed by atoms with Crippen LogP contribution in [0.2, 0.25) is 0 Å². The molecule has 1 aliphatic heterocycles. The van der Waals surface area contributed by atoms with E-state index in [2.05, 4.69) is 15.5 Å². The summed E-state index contributed by atoms with van der Waals surface area (Å²) < 4.78 is 5.20.